The topological polar surface area (TPSA) is 123 Å². The smallest absolute Gasteiger partial charge is 0.348 e. The van der Waals surface area contributed by atoms with Crippen LogP contribution in [0.5, 0.6) is 0 Å². The van der Waals surface area contributed by atoms with E-state index in [9.17, 15) is 20.2 Å². The van der Waals surface area contributed by atoms with Gasteiger partial charge >= 0.3 is 11.4 Å². The van der Waals surface area contributed by atoms with E-state index in [0.29, 0.717) is 5.69 Å². The molecule has 0 heterocycles. The Balaban J connectivity index is 2.18. The molecule has 0 saturated heterocycles. The van der Waals surface area contributed by atoms with Gasteiger partial charge < -0.3 is 5.32 Å². The average Bonchev–Trinajstić information content (AvgIpc) is 2.58. The lowest BCUT2D eigenvalue weighted by Crippen LogP contribution is -1.98. The van der Waals surface area contributed by atoms with Gasteiger partial charge in [-0.2, -0.15) is 10.2 Å². The molecule has 0 saturated carbocycles. The summed E-state index contributed by atoms with van der Waals surface area (Å²) in [7, 11) is 0. The minimum absolute atomic E-state index is 0.167. The number of benzene rings is 2. The summed E-state index contributed by atoms with van der Waals surface area (Å²) >= 11 is 0. The number of anilines is 1. The van der Waals surface area contributed by atoms with E-state index in [-0.39, 0.29) is 5.69 Å². The summed E-state index contributed by atoms with van der Waals surface area (Å²) in [4.78, 5) is 20.0. The predicted molar refractivity (Wildman–Crippen MR) is 89.1 cm³/mol. The third-order valence-electron chi connectivity index (χ3n) is 3.08. The number of nitro benzene ring substituents is 2. The number of nitrogens with zero attached hydrogens (tertiary/aromatic N) is 4. The second-order valence-electron chi connectivity index (χ2n) is 4.86. The van der Waals surface area contributed by atoms with Crippen molar-refractivity contribution in [3.05, 3.63) is 62.7 Å². The number of hydrogen-bond donors (Lipinski definition) is 1. The van der Waals surface area contributed by atoms with Gasteiger partial charge in [0.05, 0.1) is 27.3 Å². The lowest BCUT2D eigenvalue weighted by molar-refractivity contribution is -0.422. The van der Waals surface area contributed by atoms with Crippen LogP contribution >= 0.6 is 0 Å². The fraction of sp³-hybridized carbons (Fsp3) is 0.200. The minimum atomic E-state index is -0.814. The zero-order valence-electron chi connectivity index (χ0n) is 12.9. The van der Waals surface area contributed by atoms with Crippen LogP contribution in [0.1, 0.15) is 13.3 Å². The van der Waals surface area contributed by atoms with Gasteiger partial charge in [0.25, 0.3) is 0 Å². The monoisotopic (exact) mass is 329 g/mol. The van der Waals surface area contributed by atoms with Crippen LogP contribution in [0.3, 0.4) is 0 Å². The van der Waals surface area contributed by atoms with E-state index in [1.54, 1.807) is 12.1 Å². The van der Waals surface area contributed by atoms with Crippen molar-refractivity contribution in [1.82, 2.24) is 0 Å². The van der Waals surface area contributed by atoms with Crippen molar-refractivity contribution in [1.29, 1.82) is 0 Å². The summed E-state index contributed by atoms with van der Waals surface area (Å²) in [5.74, 6) is 0. The number of rotatable bonds is 7. The van der Waals surface area contributed by atoms with Gasteiger partial charge in [-0.15, -0.1) is 0 Å². The van der Waals surface area contributed by atoms with Gasteiger partial charge in [0, 0.05) is 18.3 Å². The quantitative estimate of drug-likeness (QED) is 0.446. The fourth-order valence-electron chi connectivity index (χ4n) is 1.91. The first-order chi connectivity index (χ1) is 11.5. The van der Waals surface area contributed by atoms with E-state index in [1.807, 2.05) is 12.1 Å². The van der Waals surface area contributed by atoms with Gasteiger partial charge in [-0.1, -0.05) is 6.92 Å². The highest BCUT2D eigenvalue weighted by Gasteiger charge is 2.24. The maximum Gasteiger partial charge on any atom is 0.348 e. The Hall–Kier alpha value is -3.36. The Labute approximate surface area is 137 Å². The molecule has 0 radical (unpaired) electrons. The molecule has 124 valence electrons. The Morgan fingerprint density at radius 2 is 1.50 bits per heavy atom. The largest absolute Gasteiger partial charge is 0.385 e. The maximum absolute atomic E-state index is 10.9. The van der Waals surface area contributed by atoms with Gasteiger partial charge in [-0.3, -0.25) is 20.2 Å². The van der Waals surface area contributed by atoms with E-state index in [2.05, 4.69) is 22.5 Å². The van der Waals surface area contributed by atoms with Crippen LogP contribution in [-0.2, 0) is 0 Å². The average molecular weight is 329 g/mol. The van der Waals surface area contributed by atoms with Crippen molar-refractivity contribution < 1.29 is 9.85 Å². The molecule has 9 heteroatoms. The molecule has 0 spiro atoms. The van der Waals surface area contributed by atoms with Gasteiger partial charge in [0.1, 0.15) is 0 Å². The highest BCUT2D eigenvalue weighted by atomic mass is 16.6. The highest BCUT2D eigenvalue weighted by Crippen LogP contribution is 2.31. The molecule has 0 aliphatic carbocycles. The third-order valence-corrected chi connectivity index (χ3v) is 3.08. The van der Waals surface area contributed by atoms with Crippen molar-refractivity contribution in [2.45, 2.75) is 13.3 Å². The van der Waals surface area contributed by atoms with Crippen molar-refractivity contribution >= 4 is 28.4 Å². The molecule has 0 bridgehead atoms. The van der Waals surface area contributed by atoms with Gasteiger partial charge in [-0.25, -0.2) is 0 Å². The van der Waals surface area contributed by atoms with E-state index < -0.39 is 21.2 Å². The molecule has 0 fully saturated rings. The molecule has 24 heavy (non-hydrogen) atoms. The van der Waals surface area contributed by atoms with Gasteiger partial charge in [0.2, 0.25) is 0 Å². The molecule has 0 aromatic heterocycles. The predicted octanol–water partition coefficient (Wildman–Crippen LogP) is 4.74. The first kappa shape index (κ1) is 17.0. The van der Waals surface area contributed by atoms with Crippen molar-refractivity contribution in [2.24, 2.45) is 10.2 Å². The summed E-state index contributed by atoms with van der Waals surface area (Å²) in [5.41, 5.74) is 0.501. The van der Waals surface area contributed by atoms with Crippen molar-refractivity contribution in [3.63, 3.8) is 0 Å². The Morgan fingerprint density at radius 1 is 0.917 bits per heavy atom. The molecule has 0 atom stereocenters. The summed E-state index contributed by atoms with van der Waals surface area (Å²) < 4.78 is 0. The van der Waals surface area contributed by atoms with Crippen LogP contribution in [0.4, 0.5) is 28.4 Å². The molecule has 0 aliphatic heterocycles. The number of nitro groups is 2. The zero-order chi connectivity index (χ0) is 17.5. The Morgan fingerprint density at radius 3 is 2.08 bits per heavy atom. The fourth-order valence-corrected chi connectivity index (χ4v) is 1.91. The van der Waals surface area contributed by atoms with E-state index in [0.717, 1.165) is 30.8 Å². The molecule has 1 N–H and O–H groups in total. The van der Waals surface area contributed by atoms with Crippen LogP contribution in [-0.4, -0.2) is 16.4 Å². The minimum Gasteiger partial charge on any atom is -0.385 e. The second kappa shape index (κ2) is 7.77. The van der Waals surface area contributed by atoms with E-state index >= 15 is 0 Å². The molecule has 0 aliphatic rings. The lowest BCUT2D eigenvalue weighted by atomic mass is 10.2. The summed E-state index contributed by atoms with van der Waals surface area (Å²) in [6.07, 6.45) is 1.01. The molecule has 2 aromatic carbocycles. The first-order valence-electron chi connectivity index (χ1n) is 7.19. The summed E-state index contributed by atoms with van der Waals surface area (Å²) in [6.45, 7) is 2.94. The van der Waals surface area contributed by atoms with Gasteiger partial charge in [0.15, 0.2) is 0 Å². The highest BCUT2D eigenvalue weighted by molar-refractivity contribution is 5.60. The van der Waals surface area contributed by atoms with E-state index in [4.69, 9.17) is 0 Å². The second-order valence-corrected chi connectivity index (χ2v) is 4.86. The van der Waals surface area contributed by atoms with Crippen molar-refractivity contribution in [2.75, 3.05) is 11.9 Å². The molecule has 9 nitrogen and oxygen atoms in total. The summed E-state index contributed by atoms with van der Waals surface area (Å²) in [6, 6.07) is 10.6. The van der Waals surface area contributed by atoms with Crippen LogP contribution < -0.4 is 5.32 Å². The maximum atomic E-state index is 10.9. The van der Waals surface area contributed by atoms with Crippen LogP contribution in [0, 0.1) is 20.2 Å². The SMILES string of the molecule is CCCNc1ccc(/N=N/c2ccc([N+](=O)[O-])c([N+](=O)[O-])c2)cc1. The molecular formula is C15H15N5O4. The molecule has 2 aromatic rings. The lowest BCUT2D eigenvalue weighted by Gasteiger charge is -2.03. The Kier molecular flexibility index (Phi) is 5.50. The number of hydrogen-bond acceptors (Lipinski definition) is 7. The molecule has 0 unspecified atom stereocenters. The third kappa shape index (κ3) is 4.32. The molecule has 2 rings (SSSR count). The molecular weight excluding hydrogens is 314 g/mol. The van der Waals surface area contributed by atoms with E-state index in [1.165, 1.54) is 6.07 Å². The van der Waals surface area contributed by atoms with Gasteiger partial charge in [-0.05, 0) is 36.8 Å². The van der Waals surface area contributed by atoms with Crippen LogP contribution in [0.25, 0.3) is 0 Å². The standard InChI is InChI=1S/C15H15N5O4/c1-2-9-16-11-3-5-12(6-4-11)17-18-13-7-8-14(19(21)22)15(10-13)20(23)24/h3-8,10,16H,2,9H2,1H3/b18-17+. The number of nitrogens with one attached hydrogen (secondary N) is 1. The summed E-state index contributed by atoms with van der Waals surface area (Å²) in [5, 5.41) is 32.8. The zero-order valence-corrected chi connectivity index (χ0v) is 12.9. The normalized spacial score (nSPS) is 10.7. The molecule has 0 amide bonds. The Bertz CT molecular complexity index is 774. The first-order valence-corrected chi connectivity index (χ1v) is 7.19. The number of azo groups is 1. The van der Waals surface area contributed by atoms with Crippen LogP contribution in [0.2, 0.25) is 0 Å². The van der Waals surface area contributed by atoms with Crippen molar-refractivity contribution in [3.8, 4) is 0 Å². The van der Waals surface area contributed by atoms with Crippen LogP contribution in [0.15, 0.2) is 52.7 Å².